The highest BCUT2D eigenvalue weighted by atomic mass is 35.5. The zero-order chi connectivity index (χ0) is 15.5. The summed E-state index contributed by atoms with van der Waals surface area (Å²) in [6.07, 6.45) is 0. The molecule has 0 aliphatic carbocycles. The minimum Gasteiger partial charge on any atom is -0.306 e. The minimum absolute atomic E-state index is 0.246. The van der Waals surface area contributed by atoms with Crippen molar-refractivity contribution in [3.63, 3.8) is 0 Å². The summed E-state index contributed by atoms with van der Waals surface area (Å²) < 4.78 is 0. The fraction of sp³-hybridized carbons (Fsp3) is 0.333. The van der Waals surface area contributed by atoms with E-state index >= 15 is 0 Å². The summed E-state index contributed by atoms with van der Waals surface area (Å²) in [5, 5.41) is 5.87. The molecular weight excluding hydrogens is 294 g/mol. The molecule has 0 radical (unpaired) electrons. The Morgan fingerprint density at radius 3 is 2.19 bits per heavy atom. The molecule has 2 rings (SSSR count). The SMILES string of the molecule is CC(NCc1ccc([Si](C)(C)C)cc1)c1ccccc1Cl. The molecule has 1 nitrogen and oxygen atoms in total. The Balaban J connectivity index is 1.99. The molecule has 0 heterocycles. The summed E-state index contributed by atoms with van der Waals surface area (Å²) in [5.41, 5.74) is 2.47. The maximum Gasteiger partial charge on any atom is 0.0775 e. The van der Waals surface area contributed by atoms with Crippen LogP contribution in [-0.2, 0) is 6.54 Å². The average Bonchev–Trinajstić information content (AvgIpc) is 2.45. The quantitative estimate of drug-likeness (QED) is 0.786. The number of halogens is 1. The first-order chi connectivity index (χ1) is 9.88. The fourth-order valence-electron chi connectivity index (χ4n) is 2.33. The molecule has 3 heteroatoms. The normalized spacial score (nSPS) is 13.2. The molecule has 0 aromatic heterocycles. The molecule has 0 amide bonds. The first kappa shape index (κ1) is 16.3. The molecule has 2 aromatic carbocycles. The Labute approximate surface area is 134 Å². The molecule has 2 aromatic rings. The van der Waals surface area contributed by atoms with E-state index in [4.69, 9.17) is 11.6 Å². The number of rotatable bonds is 5. The van der Waals surface area contributed by atoms with E-state index in [2.05, 4.69) is 62.2 Å². The predicted molar refractivity (Wildman–Crippen MR) is 96.1 cm³/mol. The lowest BCUT2D eigenvalue weighted by Gasteiger charge is -2.18. The molecular formula is C18H24ClNSi. The maximum absolute atomic E-state index is 6.24. The van der Waals surface area contributed by atoms with Gasteiger partial charge in [-0.05, 0) is 24.1 Å². The fourth-order valence-corrected chi connectivity index (χ4v) is 3.80. The molecule has 0 saturated heterocycles. The summed E-state index contributed by atoms with van der Waals surface area (Å²) in [4.78, 5) is 0. The van der Waals surface area contributed by atoms with Crippen LogP contribution in [0.5, 0.6) is 0 Å². The van der Waals surface area contributed by atoms with Gasteiger partial charge in [-0.15, -0.1) is 0 Å². The van der Waals surface area contributed by atoms with Crippen LogP contribution in [0, 0.1) is 0 Å². The van der Waals surface area contributed by atoms with Crippen molar-refractivity contribution < 1.29 is 0 Å². The molecule has 0 spiro atoms. The van der Waals surface area contributed by atoms with E-state index in [1.807, 2.05) is 18.2 Å². The second-order valence-corrected chi connectivity index (χ2v) is 12.1. The van der Waals surface area contributed by atoms with Crippen LogP contribution in [0.15, 0.2) is 48.5 Å². The van der Waals surface area contributed by atoms with Gasteiger partial charge in [0.1, 0.15) is 0 Å². The van der Waals surface area contributed by atoms with Gasteiger partial charge in [0, 0.05) is 17.6 Å². The lowest BCUT2D eigenvalue weighted by molar-refractivity contribution is 0.575. The highest BCUT2D eigenvalue weighted by Crippen LogP contribution is 2.22. The zero-order valence-corrected chi connectivity index (χ0v) is 15.0. The molecule has 1 atom stereocenters. The van der Waals surface area contributed by atoms with Gasteiger partial charge in [0.2, 0.25) is 0 Å². The standard InChI is InChI=1S/C18H24ClNSi/c1-14(17-7-5-6-8-18(17)19)20-13-15-9-11-16(12-10-15)21(2,3)4/h5-12,14,20H,13H2,1-4H3. The Bertz CT molecular complexity index is 587. The van der Waals surface area contributed by atoms with Crippen LogP contribution in [0.3, 0.4) is 0 Å². The van der Waals surface area contributed by atoms with Crippen LogP contribution in [0.2, 0.25) is 24.7 Å². The van der Waals surface area contributed by atoms with Crippen LogP contribution >= 0.6 is 11.6 Å². The van der Waals surface area contributed by atoms with Crippen LogP contribution in [-0.4, -0.2) is 8.07 Å². The van der Waals surface area contributed by atoms with Gasteiger partial charge in [0.25, 0.3) is 0 Å². The molecule has 1 N–H and O–H groups in total. The van der Waals surface area contributed by atoms with E-state index in [1.165, 1.54) is 10.8 Å². The van der Waals surface area contributed by atoms with Crippen molar-refractivity contribution in [1.29, 1.82) is 0 Å². The van der Waals surface area contributed by atoms with Crippen molar-refractivity contribution in [2.45, 2.75) is 39.2 Å². The molecule has 0 saturated carbocycles. The van der Waals surface area contributed by atoms with Gasteiger partial charge in [0.15, 0.2) is 0 Å². The Morgan fingerprint density at radius 2 is 1.62 bits per heavy atom. The van der Waals surface area contributed by atoms with Gasteiger partial charge in [0.05, 0.1) is 8.07 Å². The van der Waals surface area contributed by atoms with Crippen molar-refractivity contribution in [3.8, 4) is 0 Å². The van der Waals surface area contributed by atoms with Gasteiger partial charge >= 0.3 is 0 Å². The van der Waals surface area contributed by atoms with Crippen molar-refractivity contribution in [1.82, 2.24) is 5.32 Å². The largest absolute Gasteiger partial charge is 0.306 e. The van der Waals surface area contributed by atoms with Gasteiger partial charge in [-0.25, -0.2) is 0 Å². The molecule has 1 unspecified atom stereocenters. The summed E-state index contributed by atoms with van der Waals surface area (Å²) in [5.74, 6) is 0. The first-order valence-electron chi connectivity index (χ1n) is 7.45. The smallest absolute Gasteiger partial charge is 0.0775 e. The van der Waals surface area contributed by atoms with Gasteiger partial charge < -0.3 is 5.32 Å². The summed E-state index contributed by atoms with van der Waals surface area (Å²) in [6, 6.07) is 17.3. The van der Waals surface area contributed by atoms with Crippen molar-refractivity contribution in [2.75, 3.05) is 0 Å². The minimum atomic E-state index is -1.20. The van der Waals surface area contributed by atoms with E-state index in [1.54, 1.807) is 0 Å². The Hall–Kier alpha value is -1.09. The maximum atomic E-state index is 6.24. The molecule has 0 fully saturated rings. The van der Waals surface area contributed by atoms with Crippen LogP contribution in [0.4, 0.5) is 0 Å². The van der Waals surface area contributed by atoms with E-state index in [9.17, 15) is 0 Å². The Morgan fingerprint density at radius 1 is 1.00 bits per heavy atom. The lowest BCUT2D eigenvalue weighted by Crippen LogP contribution is -2.37. The van der Waals surface area contributed by atoms with E-state index in [0.29, 0.717) is 0 Å². The average molecular weight is 318 g/mol. The number of nitrogens with one attached hydrogen (secondary N) is 1. The monoisotopic (exact) mass is 317 g/mol. The molecule has 0 bridgehead atoms. The third-order valence-corrected chi connectivity index (χ3v) is 6.21. The van der Waals surface area contributed by atoms with Gasteiger partial charge in [-0.1, -0.05) is 78.9 Å². The second-order valence-electron chi connectivity index (χ2n) is 6.57. The Kier molecular flexibility index (Phi) is 5.25. The van der Waals surface area contributed by atoms with E-state index in [0.717, 1.165) is 17.1 Å². The van der Waals surface area contributed by atoms with Crippen LogP contribution in [0.25, 0.3) is 0 Å². The highest BCUT2D eigenvalue weighted by molar-refractivity contribution is 6.88. The molecule has 112 valence electrons. The first-order valence-corrected chi connectivity index (χ1v) is 11.3. The third-order valence-electron chi connectivity index (χ3n) is 3.80. The zero-order valence-electron chi connectivity index (χ0n) is 13.3. The summed E-state index contributed by atoms with van der Waals surface area (Å²) >= 11 is 6.24. The number of hydrogen-bond acceptors (Lipinski definition) is 1. The second kappa shape index (κ2) is 6.78. The summed E-state index contributed by atoms with van der Waals surface area (Å²) in [7, 11) is -1.20. The van der Waals surface area contributed by atoms with Crippen LogP contribution < -0.4 is 10.5 Å². The van der Waals surface area contributed by atoms with Crippen molar-refractivity contribution in [3.05, 3.63) is 64.7 Å². The van der Waals surface area contributed by atoms with E-state index < -0.39 is 8.07 Å². The topological polar surface area (TPSA) is 12.0 Å². The molecule has 0 aliphatic rings. The molecule has 0 aliphatic heterocycles. The predicted octanol–water partition coefficient (Wildman–Crippen LogP) is 4.74. The number of benzene rings is 2. The van der Waals surface area contributed by atoms with E-state index in [-0.39, 0.29) is 6.04 Å². The number of hydrogen-bond donors (Lipinski definition) is 1. The molecule has 21 heavy (non-hydrogen) atoms. The van der Waals surface area contributed by atoms with Crippen LogP contribution in [0.1, 0.15) is 24.1 Å². The third kappa shape index (κ3) is 4.44. The van der Waals surface area contributed by atoms with Gasteiger partial charge in [-0.2, -0.15) is 0 Å². The lowest BCUT2D eigenvalue weighted by atomic mass is 10.1. The summed E-state index contributed by atoms with van der Waals surface area (Å²) in [6.45, 7) is 10.1. The van der Waals surface area contributed by atoms with Crippen molar-refractivity contribution >= 4 is 24.9 Å². The highest BCUT2D eigenvalue weighted by Gasteiger charge is 2.15. The van der Waals surface area contributed by atoms with Crippen molar-refractivity contribution in [2.24, 2.45) is 0 Å². The van der Waals surface area contributed by atoms with Gasteiger partial charge in [-0.3, -0.25) is 0 Å².